The molecule has 0 aliphatic heterocycles. The summed E-state index contributed by atoms with van der Waals surface area (Å²) in [7, 11) is 0. The lowest BCUT2D eigenvalue weighted by atomic mass is 10.0. The summed E-state index contributed by atoms with van der Waals surface area (Å²) >= 11 is 0. The number of hydrogen-bond acceptors (Lipinski definition) is 0. The van der Waals surface area contributed by atoms with Gasteiger partial charge in [0.1, 0.15) is 0 Å². The Morgan fingerprint density at radius 1 is 1.44 bits per heavy atom. The van der Waals surface area contributed by atoms with Gasteiger partial charge >= 0.3 is 0 Å². The fraction of sp³-hybridized carbons (Fsp3) is 0.556. The molecular formula is C9H12. The molecule has 0 amide bonds. The molecule has 0 spiro atoms. The van der Waals surface area contributed by atoms with Crippen LogP contribution in [0.25, 0.3) is 0 Å². The van der Waals surface area contributed by atoms with Gasteiger partial charge in [-0.05, 0) is 12.8 Å². The Morgan fingerprint density at radius 3 is 2.44 bits per heavy atom. The second-order valence-electron chi connectivity index (χ2n) is 2.01. The van der Waals surface area contributed by atoms with Crippen molar-refractivity contribution in [3.8, 4) is 24.7 Å². The Hall–Kier alpha value is -0.880. The Labute approximate surface area is 57.7 Å². The molecule has 0 saturated carbocycles. The van der Waals surface area contributed by atoms with E-state index < -0.39 is 0 Å². The molecule has 0 aromatic carbocycles. The highest BCUT2D eigenvalue weighted by atomic mass is 14.0. The van der Waals surface area contributed by atoms with Crippen LogP contribution in [0, 0.1) is 30.6 Å². The molecule has 0 aromatic rings. The predicted molar refractivity (Wildman–Crippen MR) is 40.7 cm³/mol. The number of hydrogen-bond donors (Lipinski definition) is 0. The van der Waals surface area contributed by atoms with Gasteiger partial charge < -0.3 is 0 Å². The summed E-state index contributed by atoms with van der Waals surface area (Å²) in [6.45, 7) is 2.08. The largest absolute Gasteiger partial charge is 0.120 e. The maximum atomic E-state index is 5.21. The average Bonchev–Trinajstić information content (AvgIpc) is 1.91. The molecule has 0 aliphatic carbocycles. The molecule has 1 unspecified atom stereocenters. The molecule has 0 heteroatoms. The lowest BCUT2D eigenvalue weighted by Gasteiger charge is -2.01. The highest BCUT2D eigenvalue weighted by Crippen LogP contribution is 2.07. The zero-order valence-corrected chi connectivity index (χ0v) is 5.85. The molecule has 0 aliphatic rings. The summed E-state index contributed by atoms with van der Waals surface area (Å²) in [6.07, 6.45) is 13.1. The Morgan fingerprint density at radius 2 is 2.11 bits per heavy atom. The Balaban J connectivity index is 3.37. The van der Waals surface area contributed by atoms with Crippen LogP contribution in [-0.4, -0.2) is 0 Å². The van der Waals surface area contributed by atoms with Crippen LogP contribution in [-0.2, 0) is 0 Å². The van der Waals surface area contributed by atoms with E-state index in [4.69, 9.17) is 12.8 Å². The van der Waals surface area contributed by atoms with E-state index in [-0.39, 0.29) is 0 Å². The normalized spacial score (nSPS) is 11.4. The van der Waals surface area contributed by atoms with E-state index in [9.17, 15) is 0 Å². The van der Waals surface area contributed by atoms with Gasteiger partial charge in [-0.1, -0.05) is 6.92 Å². The van der Waals surface area contributed by atoms with Crippen molar-refractivity contribution < 1.29 is 0 Å². The molecule has 48 valence electrons. The summed E-state index contributed by atoms with van der Waals surface area (Å²) < 4.78 is 0. The zero-order valence-electron chi connectivity index (χ0n) is 5.85. The van der Waals surface area contributed by atoms with Gasteiger partial charge in [-0.3, -0.25) is 0 Å². The molecule has 0 saturated heterocycles. The predicted octanol–water partition coefficient (Wildman–Crippen LogP) is 2.06. The summed E-state index contributed by atoms with van der Waals surface area (Å²) in [4.78, 5) is 0. The third kappa shape index (κ3) is 3.68. The molecule has 0 bridgehead atoms. The molecule has 0 heterocycles. The van der Waals surface area contributed by atoms with E-state index in [1.807, 2.05) is 0 Å². The lowest BCUT2D eigenvalue weighted by Crippen LogP contribution is -1.92. The molecule has 0 radical (unpaired) electrons. The first-order valence-corrected chi connectivity index (χ1v) is 3.24. The molecule has 0 N–H and O–H groups in total. The minimum Gasteiger partial charge on any atom is -0.120 e. The van der Waals surface area contributed by atoms with Gasteiger partial charge in [-0.15, -0.1) is 24.7 Å². The number of terminal acetylenes is 2. The van der Waals surface area contributed by atoms with Crippen molar-refractivity contribution in [3.05, 3.63) is 0 Å². The minimum atomic E-state index is 0.390. The van der Waals surface area contributed by atoms with Crippen molar-refractivity contribution in [3.63, 3.8) is 0 Å². The highest BCUT2D eigenvalue weighted by molar-refractivity contribution is 4.95. The Bertz CT molecular complexity index is 131. The van der Waals surface area contributed by atoms with Gasteiger partial charge in [0.2, 0.25) is 0 Å². The van der Waals surface area contributed by atoms with Gasteiger partial charge in [0.15, 0.2) is 0 Å². The first kappa shape index (κ1) is 8.12. The lowest BCUT2D eigenvalue weighted by molar-refractivity contribution is 0.604. The van der Waals surface area contributed by atoms with Crippen LogP contribution >= 0.6 is 0 Å². The molecular weight excluding hydrogens is 108 g/mol. The van der Waals surface area contributed by atoms with Gasteiger partial charge in [0.05, 0.1) is 0 Å². The molecule has 1 atom stereocenters. The van der Waals surface area contributed by atoms with Crippen LogP contribution in [0.5, 0.6) is 0 Å². The van der Waals surface area contributed by atoms with Crippen LogP contribution in [0.2, 0.25) is 0 Å². The maximum absolute atomic E-state index is 5.21. The van der Waals surface area contributed by atoms with Crippen molar-refractivity contribution in [1.82, 2.24) is 0 Å². The first-order chi connectivity index (χ1) is 4.35. The van der Waals surface area contributed by atoms with E-state index in [0.717, 1.165) is 19.3 Å². The molecule has 0 nitrogen and oxygen atoms in total. The third-order valence-electron chi connectivity index (χ3n) is 1.37. The summed E-state index contributed by atoms with van der Waals surface area (Å²) in [6, 6.07) is 0. The van der Waals surface area contributed by atoms with E-state index in [1.165, 1.54) is 0 Å². The van der Waals surface area contributed by atoms with Crippen LogP contribution in [0.3, 0.4) is 0 Å². The van der Waals surface area contributed by atoms with Crippen LogP contribution in [0.4, 0.5) is 0 Å². The van der Waals surface area contributed by atoms with Crippen LogP contribution < -0.4 is 0 Å². The zero-order chi connectivity index (χ0) is 7.11. The van der Waals surface area contributed by atoms with E-state index >= 15 is 0 Å². The second-order valence-corrected chi connectivity index (χ2v) is 2.01. The van der Waals surface area contributed by atoms with Crippen LogP contribution in [0.1, 0.15) is 26.2 Å². The van der Waals surface area contributed by atoms with Crippen molar-refractivity contribution in [2.24, 2.45) is 5.92 Å². The Kier molecular flexibility index (Phi) is 4.75. The topological polar surface area (TPSA) is 0 Å². The van der Waals surface area contributed by atoms with Gasteiger partial charge in [-0.25, -0.2) is 0 Å². The van der Waals surface area contributed by atoms with Crippen molar-refractivity contribution in [2.75, 3.05) is 0 Å². The van der Waals surface area contributed by atoms with Crippen molar-refractivity contribution >= 4 is 0 Å². The third-order valence-corrected chi connectivity index (χ3v) is 1.37. The first-order valence-electron chi connectivity index (χ1n) is 3.24. The molecule has 9 heavy (non-hydrogen) atoms. The van der Waals surface area contributed by atoms with Gasteiger partial charge in [0.25, 0.3) is 0 Å². The molecule has 0 fully saturated rings. The maximum Gasteiger partial charge on any atom is 0.0206 e. The van der Waals surface area contributed by atoms with Crippen molar-refractivity contribution in [2.45, 2.75) is 26.2 Å². The molecule has 0 aromatic heterocycles. The fourth-order valence-electron chi connectivity index (χ4n) is 0.663. The average molecular weight is 120 g/mol. The highest BCUT2D eigenvalue weighted by Gasteiger charge is 1.97. The molecule has 0 rings (SSSR count). The number of rotatable bonds is 3. The van der Waals surface area contributed by atoms with Gasteiger partial charge in [-0.2, -0.15) is 0 Å². The smallest absolute Gasteiger partial charge is 0.0206 e. The van der Waals surface area contributed by atoms with E-state index in [1.54, 1.807) is 0 Å². The summed E-state index contributed by atoms with van der Waals surface area (Å²) in [5.41, 5.74) is 0. The summed E-state index contributed by atoms with van der Waals surface area (Å²) in [5, 5.41) is 0. The van der Waals surface area contributed by atoms with Crippen molar-refractivity contribution in [1.29, 1.82) is 0 Å². The SMILES string of the molecule is C#CCCC(C#C)CC. The van der Waals surface area contributed by atoms with E-state index in [0.29, 0.717) is 5.92 Å². The van der Waals surface area contributed by atoms with Crippen LogP contribution in [0.15, 0.2) is 0 Å². The quantitative estimate of drug-likeness (QED) is 0.500. The van der Waals surface area contributed by atoms with E-state index in [2.05, 4.69) is 18.8 Å². The second kappa shape index (κ2) is 5.26. The fourth-order valence-corrected chi connectivity index (χ4v) is 0.663. The summed E-state index contributed by atoms with van der Waals surface area (Å²) in [5.74, 6) is 5.65. The minimum absolute atomic E-state index is 0.390. The standard InChI is InChI=1S/C9H12/c1-4-7-8-9(5-2)6-3/h1-2,9H,6-8H2,3H3. The van der Waals surface area contributed by atoms with Gasteiger partial charge in [0, 0.05) is 12.3 Å². The monoisotopic (exact) mass is 120 g/mol.